The van der Waals surface area contributed by atoms with Crippen molar-refractivity contribution in [3.8, 4) is 0 Å². The Morgan fingerprint density at radius 2 is 2.10 bits per heavy atom. The fourth-order valence-corrected chi connectivity index (χ4v) is 4.03. The second-order valence-corrected chi connectivity index (χ2v) is 6.96. The Hall–Kier alpha value is -1.18. The minimum absolute atomic E-state index is 0.0496. The van der Waals surface area contributed by atoms with Crippen LogP contribution in [0.1, 0.15) is 13.8 Å². The molecule has 1 heterocycles. The highest BCUT2D eigenvalue weighted by Gasteiger charge is 2.31. The summed E-state index contributed by atoms with van der Waals surface area (Å²) in [5, 5.41) is 0. The van der Waals surface area contributed by atoms with Gasteiger partial charge in [0.1, 0.15) is 5.82 Å². The van der Waals surface area contributed by atoms with E-state index in [-0.39, 0.29) is 16.6 Å². The van der Waals surface area contributed by atoms with E-state index in [0.29, 0.717) is 19.6 Å². The number of halogens is 1. The van der Waals surface area contributed by atoms with Crippen molar-refractivity contribution < 1.29 is 12.8 Å². The molecular formula is C13H20FN3O2S. The van der Waals surface area contributed by atoms with Crippen LogP contribution in [0.3, 0.4) is 0 Å². The summed E-state index contributed by atoms with van der Waals surface area (Å²) in [4.78, 5) is 2.28. The molecule has 0 amide bonds. The van der Waals surface area contributed by atoms with Gasteiger partial charge in [-0.05, 0) is 31.7 Å². The van der Waals surface area contributed by atoms with E-state index in [9.17, 15) is 12.8 Å². The Kier molecular flexibility index (Phi) is 4.31. The predicted molar refractivity (Wildman–Crippen MR) is 76.3 cm³/mol. The molecule has 7 heteroatoms. The highest BCUT2D eigenvalue weighted by molar-refractivity contribution is 7.89. The minimum Gasteiger partial charge on any atom is -0.396 e. The molecule has 1 fully saturated rings. The summed E-state index contributed by atoms with van der Waals surface area (Å²) in [7, 11) is -3.61. The van der Waals surface area contributed by atoms with Crippen molar-refractivity contribution in [2.75, 3.05) is 31.9 Å². The summed E-state index contributed by atoms with van der Waals surface area (Å²) in [5.74, 6) is -0.604. The van der Waals surface area contributed by atoms with Gasteiger partial charge in [0.2, 0.25) is 10.0 Å². The average Bonchev–Trinajstić information content (AvgIpc) is 2.41. The lowest BCUT2D eigenvalue weighted by Crippen LogP contribution is -2.53. The molecule has 1 aromatic carbocycles. The summed E-state index contributed by atoms with van der Waals surface area (Å²) < 4.78 is 39.6. The predicted octanol–water partition coefficient (Wildman–Crippen LogP) is 1.12. The number of nitrogens with two attached hydrogens (primary N) is 1. The van der Waals surface area contributed by atoms with Gasteiger partial charge in [0.25, 0.3) is 0 Å². The summed E-state index contributed by atoms with van der Waals surface area (Å²) in [6.45, 7) is 6.54. The Labute approximate surface area is 119 Å². The first-order chi connectivity index (χ1) is 9.36. The zero-order chi connectivity index (χ0) is 14.9. The van der Waals surface area contributed by atoms with Crippen molar-refractivity contribution in [1.29, 1.82) is 0 Å². The maximum atomic E-state index is 13.1. The van der Waals surface area contributed by atoms with Gasteiger partial charge in [-0.1, -0.05) is 6.92 Å². The summed E-state index contributed by atoms with van der Waals surface area (Å²) >= 11 is 0. The quantitative estimate of drug-likeness (QED) is 0.850. The van der Waals surface area contributed by atoms with Crippen LogP contribution in [0, 0.1) is 5.82 Å². The number of likely N-dealkylation sites (N-methyl/N-ethyl adjacent to an activating group) is 1. The van der Waals surface area contributed by atoms with Crippen LogP contribution in [0.25, 0.3) is 0 Å². The van der Waals surface area contributed by atoms with E-state index < -0.39 is 15.8 Å². The van der Waals surface area contributed by atoms with Gasteiger partial charge in [-0.3, -0.25) is 4.90 Å². The third-order valence-electron chi connectivity index (χ3n) is 3.74. The minimum atomic E-state index is -3.61. The van der Waals surface area contributed by atoms with Gasteiger partial charge in [-0.15, -0.1) is 0 Å². The fraction of sp³-hybridized carbons (Fsp3) is 0.538. The van der Waals surface area contributed by atoms with E-state index in [1.807, 2.05) is 6.92 Å². The molecule has 5 nitrogen and oxygen atoms in total. The van der Waals surface area contributed by atoms with Gasteiger partial charge in [-0.25, -0.2) is 12.8 Å². The first kappa shape index (κ1) is 15.2. The highest BCUT2D eigenvalue weighted by Crippen LogP contribution is 2.22. The first-order valence-corrected chi connectivity index (χ1v) is 8.09. The molecule has 0 saturated carbocycles. The third kappa shape index (κ3) is 2.79. The second kappa shape index (κ2) is 5.67. The molecule has 1 aliphatic rings. The average molecular weight is 301 g/mol. The second-order valence-electron chi connectivity index (χ2n) is 5.02. The molecule has 1 saturated heterocycles. The summed E-state index contributed by atoms with van der Waals surface area (Å²) in [5.41, 5.74) is 5.30. The number of rotatable bonds is 3. The van der Waals surface area contributed by atoms with Crippen molar-refractivity contribution in [2.45, 2.75) is 24.8 Å². The molecule has 1 unspecified atom stereocenters. The number of piperazine rings is 1. The van der Waals surface area contributed by atoms with Crippen molar-refractivity contribution in [3.05, 3.63) is 24.0 Å². The highest BCUT2D eigenvalue weighted by atomic mass is 32.2. The van der Waals surface area contributed by atoms with Crippen LogP contribution in [0.15, 0.2) is 23.1 Å². The fourth-order valence-electron chi connectivity index (χ4n) is 2.48. The van der Waals surface area contributed by atoms with Gasteiger partial charge in [-0.2, -0.15) is 4.31 Å². The van der Waals surface area contributed by atoms with E-state index in [2.05, 4.69) is 11.8 Å². The Bertz CT molecular complexity index is 591. The smallest absolute Gasteiger partial charge is 0.243 e. The van der Waals surface area contributed by atoms with E-state index in [1.165, 1.54) is 16.4 Å². The number of hydrogen-bond donors (Lipinski definition) is 1. The Morgan fingerprint density at radius 1 is 1.40 bits per heavy atom. The Balaban J connectivity index is 2.25. The molecule has 1 aliphatic heterocycles. The van der Waals surface area contributed by atoms with Gasteiger partial charge >= 0.3 is 0 Å². The van der Waals surface area contributed by atoms with Crippen molar-refractivity contribution in [1.82, 2.24) is 9.21 Å². The van der Waals surface area contributed by atoms with E-state index in [1.54, 1.807) is 0 Å². The van der Waals surface area contributed by atoms with E-state index in [4.69, 9.17) is 5.73 Å². The molecule has 0 bridgehead atoms. The van der Waals surface area contributed by atoms with Gasteiger partial charge in [0.05, 0.1) is 10.6 Å². The van der Waals surface area contributed by atoms with Crippen LogP contribution in [0.5, 0.6) is 0 Å². The standard InChI is InChI=1S/C13H20FN3O2S/c1-3-16-6-7-17(9-10(16)2)20(18,19)11-4-5-12(14)13(15)8-11/h4-5,8,10H,3,6-7,9,15H2,1-2H3. The maximum absolute atomic E-state index is 13.1. The Morgan fingerprint density at radius 3 is 2.65 bits per heavy atom. The van der Waals surface area contributed by atoms with Crippen molar-refractivity contribution in [2.24, 2.45) is 0 Å². The zero-order valence-corrected chi connectivity index (χ0v) is 12.5. The van der Waals surface area contributed by atoms with Crippen LogP contribution in [-0.2, 0) is 10.0 Å². The number of nitrogen functional groups attached to an aromatic ring is 1. The van der Waals surface area contributed by atoms with Crippen LogP contribution < -0.4 is 5.73 Å². The number of hydrogen-bond acceptors (Lipinski definition) is 4. The SMILES string of the molecule is CCN1CCN(S(=O)(=O)c2ccc(F)c(N)c2)CC1C. The largest absolute Gasteiger partial charge is 0.396 e. The lowest BCUT2D eigenvalue weighted by Gasteiger charge is -2.38. The summed E-state index contributed by atoms with van der Waals surface area (Å²) in [6.07, 6.45) is 0. The molecule has 0 aliphatic carbocycles. The van der Waals surface area contributed by atoms with Crippen LogP contribution in [0.2, 0.25) is 0 Å². The molecule has 2 N–H and O–H groups in total. The molecule has 0 aromatic heterocycles. The van der Waals surface area contributed by atoms with Crippen LogP contribution in [0.4, 0.5) is 10.1 Å². The molecule has 2 rings (SSSR count). The lowest BCUT2D eigenvalue weighted by atomic mass is 10.2. The van der Waals surface area contributed by atoms with Gasteiger partial charge in [0, 0.05) is 25.7 Å². The molecule has 0 spiro atoms. The van der Waals surface area contributed by atoms with Crippen LogP contribution >= 0.6 is 0 Å². The number of anilines is 1. The topological polar surface area (TPSA) is 66.6 Å². The molecular weight excluding hydrogens is 281 g/mol. The lowest BCUT2D eigenvalue weighted by molar-refractivity contribution is 0.135. The normalized spacial score (nSPS) is 22.1. The molecule has 1 aromatic rings. The number of nitrogens with zero attached hydrogens (tertiary/aromatic N) is 2. The van der Waals surface area contributed by atoms with E-state index >= 15 is 0 Å². The van der Waals surface area contributed by atoms with Crippen LogP contribution in [-0.4, -0.2) is 49.8 Å². The first-order valence-electron chi connectivity index (χ1n) is 6.65. The van der Waals surface area contributed by atoms with E-state index in [0.717, 1.165) is 12.6 Å². The van der Waals surface area contributed by atoms with Crippen molar-refractivity contribution in [3.63, 3.8) is 0 Å². The summed E-state index contributed by atoms with van der Waals surface area (Å²) in [6, 6.07) is 3.70. The van der Waals surface area contributed by atoms with Crippen molar-refractivity contribution >= 4 is 15.7 Å². The monoisotopic (exact) mass is 301 g/mol. The third-order valence-corrected chi connectivity index (χ3v) is 5.60. The van der Waals surface area contributed by atoms with Gasteiger partial charge in [0.15, 0.2) is 0 Å². The maximum Gasteiger partial charge on any atom is 0.243 e. The molecule has 112 valence electrons. The molecule has 20 heavy (non-hydrogen) atoms. The number of benzene rings is 1. The molecule has 1 atom stereocenters. The zero-order valence-electron chi connectivity index (χ0n) is 11.7. The molecule has 0 radical (unpaired) electrons. The number of sulfonamides is 1. The van der Waals surface area contributed by atoms with Gasteiger partial charge < -0.3 is 5.73 Å².